The van der Waals surface area contributed by atoms with Crippen molar-refractivity contribution in [3.63, 3.8) is 0 Å². The average Bonchev–Trinajstić information content (AvgIpc) is 3.20. The van der Waals surface area contributed by atoms with Gasteiger partial charge in [0.2, 0.25) is 0 Å². The lowest BCUT2D eigenvalue weighted by Crippen LogP contribution is -2.37. The summed E-state index contributed by atoms with van der Waals surface area (Å²) in [5.74, 6) is -3.09. The molecule has 1 aromatic carbocycles. The summed E-state index contributed by atoms with van der Waals surface area (Å²) in [6.07, 6.45) is -3.28. The van der Waals surface area contributed by atoms with Crippen molar-refractivity contribution in [2.75, 3.05) is 13.1 Å². The van der Waals surface area contributed by atoms with E-state index in [2.05, 4.69) is 0 Å². The summed E-state index contributed by atoms with van der Waals surface area (Å²) < 4.78 is 63.7. The van der Waals surface area contributed by atoms with E-state index in [0.29, 0.717) is 12.8 Å². The van der Waals surface area contributed by atoms with Crippen molar-refractivity contribution >= 4 is 5.78 Å². The summed E-state index contributed by atoms with van der Waals surface area (Å²) in [6, 6.07) is 3.04. The van der Waals surface area contributed by atoms with Gasteiger partial charge in [-0.3, -0.25) is 9.69 Å². The van der Waals surface area contributed by atoms with Crippen LogP contribution in [0.4, 0.5) is 22.0 Å². The van der Waals surface area contributed by atoms with E-state index in [1.807, 2.05) is 0 Å². The maximum absolute atomic E-state index is 13.4. The second-order valence-electron chi connectivity index (χ2n) is 5.09. The Balaban J connectivity index is 1.97. The first-order valence-electron chi connectivity index (χ1n) is 6.56. The van der Waals surface area contributed by atoms with E-state index in [-0.39, 0.29) is 19.0 Å². The largest absolute Gasteiger partial charge is 0.401 e. The summed E-state index contributed by atoms with van der Waals surface area (Å²) >= 11 is 0. The SMILES string of the molecule is O=C(CCN(CC(F)(F)F)C1CC1)c1cccc(F)c1F. The first-order valence-corrected chi connectivity index (χ1v) is 6.56. The second-order valence-corrected chi connectivity index (χ2v) is 5.09. The molecule has 116 valence electrons. The molecule has 1 fully saturated rings. The number of carbonyl (C=O) groups excluding carboxylic acids is 1. The van der Waals surface area contributed by atoms with E-state index in [4.69, 9.17) is 0 Å². The van der Waals surface area contributed by atoms with Gasteiger partial charge in [0.05, 0.1) is 12.1 Å². The van der Waals surface area contributed by atoms with Crippen molar-refractivity contribution in [3.05, 3.63) is 35.4 Å². The zero-order valence-electron chi connectivity index (χ0n) is 11.1. The molecule has 1 aromatic rings. The Morgan fingerprint density at radius 3 is 2.48 bits per heavy atom. The van der Waals surface area contributed by atoms with Crippen LogP contribution >= 0.6 is 0 Å². The molecular weight excluding hydrogens is 293 g/mol. The highest BCUT2D eigenvalue weighted by Crippen LogP contribution is 2.30. The van der Waals surface area contributed by atoms with Gasteiger partial charge >= 0.3 is 6.18 Å². The molecule has 0 aromatic heterocycles. The van der Waals surface area contributed by atoms with E-state index < -0.39 is 35.7 Å². The van der Waals surface area contributed by atoms with Gasteiger partial charge < -0.3 is 0 Å². The number of halogens is 5. The van der Waals surface area contributed by atoms with Crippen LogP contribution in [0.25, 0.3) is 0 Å². The fourth-order valence-electron chi connectivity index (χ4n) is 2.16. The van der Waals surface area contributed by atoms with Gasteiger partial charge in [-0.15, -0.1) is 0 Å². The van der Waals surface area contributed by atoms with Crippen LogP contribution in [-0.2, 0) is 0 Å². The van der Waals surface area contributed by atoms with Crippen LogP contribution in [0.3, 0.4) is 0 Å². The smallest absolute Gasteiger partial charge is 0.294 e. The zero-order valence-corrected chi connectivity index (χ0v) is 11.1. The molecule has 2 rings (SSSR count). The van der Waals surface area contributed by atoms with Gasteiger partial charge in [0.15, 0.2) is 17.4 Å². The van der Waals surface area contributed by atoms with Crippen molar-refractivity contribution in [2.24, 2.45) is 0 Å². The molecule has 1 aliphatic carbocycles. The molecule has 0 saturated heterocycles. The predicted octanol–water partition coefficient (Wildman–Crippen LogP) is 3.56. The van der Waals surface area contributed by atoms with Crippen LogP contribution in [-0.4, -0.2) is 36.0 Å². The molecule has 2 nitrogen and oxygen atoms in total. The summed E-state index contributed by atoms with van der Waals surface area (Å²) in [7, 11) is 0. The standard InChI is InChI=1S/C14H14F5NO/c15-11-3-1-2-10(13(11)16)12(21)6-7-20(9-4-5-9)8-14(17,18)19/h1-3,9H,4-8H2. The van der Waals surface area contributed by atoms with Crippen molar-refractivity contribution in [1.29, 1.82) is 0 Å². The van der Waals surface area contributed by atoms with Gasteiger partial charge in [-0.25, -0.2) is 8.78 Å². The van der Waals surface area contributed by atoms with Gasteiger partial charge in [-0.1, -0.05) is 6.07 Å². The Morgan fingerprint density at radius 1 is 1.24 bits per heavy atom. The molecular formula is C14H14F5NO. The first-order chi connectivity index (χ1) is 9.78. The van der Waals surface area contributed by atoms with Crippen LogP contribution in [0, 0.1) is 11.6 Å². The van der Waals surface area contributed by atoms with Crippen molar-refractivity contribution < 1.29 is 26.7 Å². The average molecular weight is 307 g/mol. The Labute approximate surface area is 118 Å². The van der Waals surface area contributed by atoms with E-state index in [1.165, 1.54) is 11.0 Å². The number of nitrogens with zero attached hydrogens (tertiary/aromatic N) is 1. The van der Waals surface area contributed by atoms with E-state index in [0.717, 1.165) is 12.1 Å². The van der Waals surface area contributed by atoms with Crippen LogP contribution in [0.15, 0.2) is 18.2 Å². The molecule has 0 bridgehead atoms. The molecule has 7 heteroatoms. The lowest BCUT2D eigenvalue weighted by atomic mass is 10.1. The fourth-order valence-corrected chi connectivity index (χ4v) is 2.16. The molecule has 0 heterocycles. The molecule has 1 saturated carbocycles. The normalized spacial score (nSPS) is 15.5. The van der Waals surface area contributed by atoms with Gasteiger partial charge in [-0.05, 0) is 25.0 Å². The zero-order chi connectivity index (χ0) is 15.6. The minimum Gasteiger partial charge on any atom is -0.294 e. The van der Waals surface area contributed by atoms with E-state index >= 15 is 0 Å². The quantitative estimate of drug-likeness (QED) is 0.591. The number of carbonyl (C=O) groups is 1. The van der Waals surface area contributed by atoms with Crippen LogP contribution in [0.1, 0.15) is 29.6 Å². The minimum absolute atomic E-state index is 0.112. The minimum atomic E-state index is -4.34. The molecule has 0 amide bonds. The Morgan fingerprint density at radius 2 is 1.90 bits per heavy atom. The third kappa shape index (κ3) is 4.49. The third-order valence-corrected chi connectivity index (χ3v) is 3.32. The summed E-state index contributed by atoms with van der Waals surface area (Å²) in [5, 5.41) is 0. The number of hydrogen-bond acceptors (Lipinski definition) is 2. The summed E-state index contributed by atoms with van der Waals surface area (Å²) in [4.78, 5) is 13.0. The van der Waals surface area contributed by atoms with Crippen molar-refractivity contribution in [3.8, 4) is 0 Å². The van der Waals surface area contributed by atoms with Gasteiger partial charge in [0.25, 0.3) is 0 Å². The summed E-state index contributed by atoms with van der Waals surface area (Å²) in [6.45, 7) is -1.20. The van der Waals surface area contributed by atoms with E-state index in [1.54, 1.807) is 0 Å². The van der Waals surface area contributed by atoms with Gasteiger partial charge in [0, 0.05) is 19.0 Å². The first kappa shape index (κ1) is 15.9. The molecule has 0 radical (unpaired) electrons. The van der Waals surface area contributed by atoms with Crippen LogP contribution < -0.4 is 0 Å². The highest BCUT2D eigenvalue weighted by Gasteiger charge is 2.38. The number of benzene rings is 1. The Hall–Kier alpha value is -1.50. The van der Waals surface area contributed by atoms with Gasteiger partial charge in [-0.2, -0.15) is 13.2 Å². The third-order valence-electron chi connectivity index (χ3n) is 3.32. The monoisotopic (exact) mass is 307 g/mol. The van der Waals surface area contributed by atoms with Crippen LogP contribution in [0.5, 0.6) is 0 Å². The lowest BCUT2D eigenvalue weighted by Gasteiger charge is -2.22. The maximum atomic E-state index is 13.4. The number of rotatable bonds is 6. The van der Waals surface area contributed by atoms with Crippen molar-refractivity contribution in [2.45, 2.75) is 31.5 Å². The van der Waals surface area contributed by atoms with Crippen LogP contribution in [0.2, 0.25) is 0 Å². The fraction of sp³-hybridized carbons (Fsp3) is 0.500. The molecule has 0 unspecified atom stereocenters. The van der Waals surface area contributed by atoms with Crippen molar-refractivity contribution in [1.82, 2.24) is 4.90 Å². The molecule has 0 spiro atoms. The summed E-state index contributed by atoms with van der Waals surface area (Å²) in [5.41, 5.74) is -0.419. The molecule has 0 aliphatic heterocycles. The topological polar surface area (TPSA) is 20.3 Å². The molecule has 21 heavy (non-hydrogen) atoms. The Kier molecular flexibility index (Phi) is 4.61. The lowest BCUT2D eigenvalue weighted by molar-refractivity contribution is -0.147. The molecule has 0 N–H and O–H groups in total. The number of hydrogen-bond donors (Lipinski definition) is 0. The molecule has 1 aliphatic rings. The highest BCUT2D eigenvalue weighted by molar-refractivity contribution is 5.96. The number of alkyl halides is 3. The highest BCUT2D eigenvalue weighted by atomic mass is 19.4. The molecule has 0 atom stereocenters. The van der Waals surface area contributed by atoms with Gasteiger partial charge in [0.1, 0.15) is 0 Å². The predicted molar refractivity (Wildman–Crippen MR) is 66.0 cm³/mol. The van der Waals surface area contributed by atoms with E-state index in [9.17, 15) is 26.7 Å². The maximum Gasteiger partial charge on any atom is 0.401 e. The number of Topliss-reactive ketones (excluding diaryl/α,β-unsaturated/α-hetero) is 1. The Bertz CT molecular complexity index is 525. The second kappa shape index (κ2) is 6.09. The number of ketones is 1.